The van der Waals surface area contributed by atoms with E-state index in [-0.39, 0.29) is 0 Å². The van der Waals surface area contributed by atoms with Gasteiger partial charge in [-0.3, -0.25) is 0 Å². The van der Waals surface area contributed by atoms with Gasteiger partial charge in [0.05, 0.1) is 0 Å². The van der Waals surface area contributed by atoms with Gasteiger partial charge in [-0.25, -0.2) is 15.0 Å². The van der Waals surface area contributed by atoms with E-state index in [0.717, 1.165) is 71.3 Å². The van der Waals surface area contributed by atoms with Gasteiger partial charge in [0.25, 0.3) is 0 Å². The minimum atomic E-state index is 0.617. The molecule has 4 nitrogen and oxygen atoms in total. The highest BCUT2D eigenvalue weighted by atomic mass is 16.3. The predicted molar refractivity (Wildman–Crippen MR) is 201 cm³/mol. The maximum absolute atomic E-state index is 6.70. The van der Waals surface area contributed by atoms with Crippen LogP contribution >= 0.6 is 0 Å². The zero-order valence-electron chi connectivity index (χ0n) is 26.3. The summed E-state index contributed by atoms with van der Waals surface area (Å²) >= 11 is 0. The summed E-state index contributed by atoms with van der Waals surface area (Å²) in [6.07, 6.45) is 0. The molecule has 49 heavy (non-hydrogen) atoms. The molecule has 0 atom stereocenters. The fourth-order valence-corrected chi connectivity index (χ4v) is 7.25. The number of benzene rings is 8. The summed E-state index contributed by atoms with van der Waals surface area (Å²) in [5, 5.41) is 8.85. The number of hydrogen-bond acceptors (Lipinski definition) is 4. The van der Waals surface area contributed by atoms with Crippen LogP contribution in [0.5, 0.6) is 0 Å². The van der Waals surface area contributed by atoms with Crippen LogP contribution in [0.2, 0.25) is 0 Å². The van der Waals surface area contributed by atoms with Gasteiger partial charge in [-0.15, -0.1) is 0 Å². The first-order chi connectivity index (χ1) is 24.3. The van der Waals surface area contributed by atoms with E-state index in [1.165, 1.54) is 10.8 Å². The first-order valence-corrected chi connectivity index (χ1v) is 16.5. The highest BCUT2D eigenvalue weighted by Gasteiger charge is 2.22. The predicted octanol–water partition coefficient (Wildman–Crippen LogP) is 11.9. The molecule has 0 aliphatic rings. The number of hydrogen-bond donors (Lipinski definition) is 0. The lowest BCUT2D eigenvalue weighted by atomic mass is 9.90. The van der Waals surface area contributed by atoms with Crippen molar-refractivity contribution in [2.45, 2.75) is 0 Å². The van der Waals surface area contributed by atoms with Crippen LogP contribution in [0.1, 0.15) is 0 Å². The molecule has 8 aromatic carbocycles. The average Bonchev–Trinajstić information content (AvgIpc) is 3.56. The second-order valence-electron chi connectivity index (χ2n) is 12.4. The van der Waals surface area contributed by atoms with Gasteiger partial charge in [-0.05, 0) is 50.9 Å². The first-order valence-electron chi connectivity index (χ1n) is 16.5. The van der Waals surface area contributed by atoms with E-state index in [4.69, 9.17) is 19.4 Å². The Kier molecular flexibility index (Phi) is 6.15. The van der Waals surface area contributed by atoms with Crippen molar-refractivity contribution in [1.29, 1.82) is 0 Å². The summed E-state index contributed by atoms with van der Waals surface area (Å²) in [5.41, 5.74) is 6.77. The lowest BCUT2D eigenvalue weighted by Crippen LogP contribution is -2.01. The summed E-state index contributed by atoms with van der Waals surface area (Å²) < 4.78 is 6.70. The molecule has 0 fully saturated rings. The quantitative estimate of drug-likeness (QED) is 0.183. The van der Waals surface area contributed by atoms with Crippen LogP contribution in [0.25, 0.3) is 99.5 Å². The Morgan fingerprint density at radius 3 is 1.55 bits per heavy atom. The molecule has 0 saturated carbocycles. The second kappa shape index (κ2) is 11.0. The van der Waals surface area contributed by atoms with Gasteiger partial charge >= 0.3 is 0 Å². The molecule has 0 amide bonds. The van der Waals surface area contributed by atoms with E-state index in [1.54, 1.807) is 0 Å². The van der Waals surface area contributed by atoms with E-state index < -0.39 is 0 Å². The maximum Gasteiger partial charge on any atom is 0.164 e. The zero-order valence-corrected chi connectivity index (χ0v) is 26.3. The molecule has 0 unspecified atom stereocenters. The number of aromatic nitrogens is 3. The Balaban J connectivity index is 1.35. The second-order valence-corrected chi connectivity index (χ2v) is 12.4. The number of nitrogens with zero attached hydrogens (tertiary/aromatic N) is 3. The average molecular weight is 626 g/mol. The number of furan rings is 1. The smallest absolute Gasteiger partial charge is 0.164 e. The van der Waals surface area contributed by atoms with Gasteiger partial charge in [0.15, 0.2) is 17.5 Å². The van der Waals surface area contributed by atoms with E-state index in [2.05, 4.69) is 127 Å². The van der Waals surface area contributed by atoms with Crippen LogP contribution < -0.4 is 0 Å². The summed E-state index contributed by atoms with van der Waals surface area (Å²) in [7, 11) is 0. The van der Waals surface area contributed by atoms with Crippen molar-refractivity contribution < 1.29 is 4.42 Å². The fourth-order valence-electron chi connectivity index (χ4n) is 7.25. The van der Waals surface area contributed by atoms with Crippen molar-refractivity contribution in [3.8, 4) is 45.3 Å². The molecule has 0 aliphatic heterocycles. The largest absolute Gasteiger partial charge is 0.455 e. The summed E-state index contributed by atoms with van der Waals surface area (Å²) in [6.45, 7) is 0. The fraction of sp³-hybridized carbons (Fsp3) is 0. The molecule has 2 heterocycles. The maximum atomic E-state index is 6.70. The van der Waals surface area contributed by atoms with Crippen molar-refractivity contribution in [2.24, 2.45) is 0 Å². The van der Waals surface area contributed by atoms with Gasteiger partial charge < -0.3 is 4.42 Å². The van der Waals surface area contributed by atoms with Crippen LogP contribution in [0.3, 0.4) is 0 Å². The summed E-state index contributed by atoms with van der Waals surface area (Å²) in [5.74, 6) is 1.87. The van der Waals surface area contributed by atoms with Crippen LogP contribution in [-0.2, 0) is 0 Å². The van der Waals surface area contributed by atoms with Crippen molar-refractivity contribution in [3.05, 3.63) is 164 Å². The van der Waals surface area contributed by atoms with Crippen LogP contribution in [-0.4, -0.2) is 15.0 Å². The van der Waals surface area contributed by atoms with E-state index >= 15 is 0 Å². The first kappa shape index (κ1) is 27.5. The third-order valence-corrected chi connectivity index (χ3v) is 9.49. The molecule has 10 rings (SSSR count). The number of rotatable bonds is 4. The Morgan fingerprint density at radius 2 is 0.837 bits per heavy atom. The molecule has 228 valence electrons. The zero-order chi connectivity index (χ0) is 32.3. The molecule has 4 heteroatoms. The lowest BCUT2D eigenvalue weighted by molar-refractivity contribution is 0.673. The topological polar surface area (TPSA) is 51.8 Å². The van der Waals surface area contributed by atoms with Crippen LogP contribution in [0.15, 0.2) is 168 Å². The Morgan fingerprint density at radius 1 is 0.327 bits per heavy atom. The van der Waals surface area contributed by atoms with E-state index in [9.17, 15) is 0 Å². The summed E-state index contributed by atoms with van der Waals surface area (Å²) in [6, 6.07) is 56.7. The normalized spacial score (nSPS) is 11.7. The van der Waals surface area contributed by atoms with Gasteiger partial charge in [-0.1, -0.05) is 146 Å². The molecule has 0 N–H and O–H groups in total. The van der Waals surface area contributed by atoms with E-state index in [0.29, 0.717) is 17.5 Å². The number of para-hydroxylation sites is 1. The van der Waals surface area contributed by atoms with Crippen molar-refractivity contribution >= 4 is 54.3 Å². The van der Waals surface area contributed by atoms with Gasteiger partial charge in [0, 0.05) is 38.2 Å². The lowest BCUT2D eigenvalue weighted by Gasteiger charge is -2.15. The molecule has 0 radical (unpaired) electrons. The van der Waals surface area contributed by atoms with Gasteiger partial charge in [-0.2, -0.15) is 0 Å². The van der Waals surface area contributed by atoms with Gasteiger partial charge in [0.1, 0.15) is 11.2 Å². The van der Waals surface area contributed by atoms with Crippen molar-refractivity contribution in [1.82, 2.24) is 15.0 Å². The Bertz CT molecular complexity index is 2880. The molecule has 0 aliphatic carbocycles. The molecule has 0 saturated heterocycles. The van der Waals surface area contributed by atoms with Crippen LogP contribution in [0.4, 0.5) is 0 Å². The molecular weight excluding hydrogens is 599 g/mol. The minimum absolute atomic E-state index is 0.617. The SMILES string of the molecule is c1ccc(-c2cccc(-c3nc(-c4ccccc4)nc(-c4cc5c6ccccc6oc5c5c6ccccc6c6ccccc6c45)n3)c2)cc1. The Labute approximate surface area is 282 Å². The van der Waals surface area contributed by atoms with Crippen LogP contribution in [0, 0.1) is 0 Å². The highest BCUT2D eigenvalue weighted by Crippen LogP contribution is 2.46. The van der Waals surface area contributed by atoms with Gasteiger partial charge in [0.2, 0.25) is 0 Å². The minimum Gasteiger partial charge on any atom is -0.455 e. The molecule has 0 bridgehead atoms. The molecular formula is C45H27N3O. The Hall–Kier alpha value is -6.65. The number of fused-ring (bicyclic) bond motifs is 10. The third kappa shape index (κ3) is 4.42. The van der Waals surface area contributed by atoms with E-state index in [1.807, 2.05) is 36.4 Å². The standard InChI is InChI=1S/C45H27N3O/c1-3-14-28(15-4-1)30-18-13-19-31(26-30)44-46-43(29-16-5-2-6-17-29)47-45(48-44)38-27-37-34-22-11-12-25-39(34)49-42(37)41-36-24-10-8-21-33(36)32-20-7-9-23-35(32)40(38)41/h1-27H. The summed E-state index contributed by atoms with van der Waals surface area (Å²) in [4.78, 5) is 15.6. The molecule has 0 spiro atoms. The molecule has 10 aromatic rings. The van der Waals surface area contributed by atoms with Crippen molar-refractivity contribution in [2.75, 3.05) is 0 Å². The highest BCUT2D eigenvalue weighted by molar-refractivity contribution is 6.35. The monoisotopic (exact) mass is 625 g/mol. The molecule has 2 aromatic heterocycles. The van der Waals surface area contributed by atoms with Crippen molar-refractivity contribution in [3.63, 3.8) is 0 Å². The third-order valence-electron chi connectivity index (χ3n) is 9.49.